The molecule has 0 radical (unpaired) electrons. The fraction of sp³-hybridized carbons (Fsp3) is 0.750. The number of thiazole rings is 1. The Labute approximate surface area is 107 Å². The Morgan fingerprint density at radius 2 is 2.47 bits per heavy atom. The van der Waals surface area contributed by atoms with Crippen LogP contribution < -0.4 is 5.73 Å². The fourth-order valence-corrected chi connectivity index (χ4v) is 2.78. The molecule has 96 valence electrons. The van der Waals surface area contributed by atoms with E-state index in [-0.39, 0.29) is 6.10 Å². The van der Waals surface area contributed by atoms with E-state index < -0.39 is 0 Å². The number of ether oxygens (including phenoxy) is 1. The molecule has 17 heavy (non-hydrogen) atoms. The molecule has 1 saturated heterocycles. The molecule has 1 fully saturated rings. The van der Waals surface area contributed by atoms with Crippen molar-refractivity contribution in [2.24, 2.45) is 5.73 Å². The average Bonchev–Trinajstić information content (AvgIpc) is 2.78. The SMILES string of the molecule is CC(C)c1nc(CN2CCOC(CN)C2)cs1. The van der Waals surface area contributed by atoms with Crippen LogP contribution in [0.3, 0.4) is 0 Å². The van der Waals surface area contributed by atoms with E-state index in [0.29, 0.717) is 12.5 Å². The average molecular weight is 255 g/mol. The molecule has 1 atom stereocenters. The van der Waals surface area contributed by atoms with E-state index in [4.69, 9.17) is 10.5 Å². The van der Waals surface area contributed by atoms with Gasteiger partial charge in [-0.1, -0.05) is 13.8 Å². The van der Waals surface area contributed by atoms with Gasteiger partial charge >= 0.3 is 0 Å². The predicted molar refractivity (Wildman–Crippen MR) is 70.3 cm³/mol. The van der Waals surface area contributed by atoms with Gasteiger partial charge in [-0.25, -0.2) is 4.98 Å². The number of nitrogens with zero attached hydrogens (tertiary/aromatic N) is 2. The molecule has 2 heterocycles. The van der Waals surface area contributed by atoms with Crippen LogP contribution >= 0.6 is 11.3 Å². The van der Waals surface area contributed by atoms with Crippen molar-refractivity contribution in [2.75, 3.05) is 26.2 Å². The molecule has 0 spiro atoms. The van der Waals surface area contributed by atoms with E-state index in [9.17, 15) is 0 Å². The second kappa shape index (κ2) is 5.91. The van der Waals surface area contributed by atoms with Crippen LogP contribution in [0.5, 0.6) is 0 Å². The highest BCUT2D eigenvalue weighted by molar-refractivity contribution is 7.09. The summed E-state index contributed by atoms with van der Waals surface area (Å²) in [4.78, 5) is 7.03. The quantitative estimate of drug-likeness (QED) is 0.884. The molecule has 1 aliphatic rings. The summed E-state index contributed by atoms with van der Waals surface area (Å²) in [7, 11) is 0. The number of hydrogen-bond donors (Lipinski definition) is 1. The number of hydrogen-bond acceptors (Lipinski definition) is 5. The molecule has 1 aliphatic heterocycles. The molecular weight excluding hydrogens is 234 g/mol. The largest absolute Gasteiger partial charge is 0.374 e. The van der Waals surface area contributed by atoms with Crippen molar-refractivity contribution >= 4 is 11.3 Å². The van der Waals surface area contributed by atoms with Crippen molar-refractivity contribution in [3.63, 3.8) is 0 Å². The molecule has 1 unspecified atom stereocenters. The lowest BCUT2D eigenvalue weighted by atomic mass is 10.2. The normalized spacial score (nSPS) is 22.2. The lowest BCUT2D eigenvalue weighted by Crippen LogP contribution is -2.45. The van der Waals surface area contributed by atoms with Crippen molar-refractivity contribution in [1.29, 1.82) is 0 Å². The van der Waals surface area contributed by atoms with Gasteiger partial charge in [0.1, 0.15) is 0 Å². The summed E-state index contributed by atoms with van der Waals surface area (Å²) in [6.45, 7) is 8.57. The van der Waals surface area contributed by atoms with E-state index in [1.807, 2.05) is 0 Å². The molecule has 5 heteroatoms. The van der Waals surface area contributed by atoms with Gasteiger partial charge in [-0.3, -0.25) is 4.90 Å². The van der Waals surface area contributed by atoms with Gasteiger partial charge in [0.15, 0.2) is 0 Å². The zero-order valence-corrected chi connectivity index (χ0v) is 11.4. The topological polar surface area (TPSA) is 51.4 Å². The minimum Gasteiger partial charge on any atom is -0.374 e. The van der Waals surface area contributed by atoms with Crippen molar-refractivity contribution in [2.45, 2.75) is 32.4 Å². The predicted octanol–water partition coefficient (Wildman–Crippen LogP) is 1.43. The number of aromatic nitrogens is 1. The van der Waals surface area contributed by atoms with Crippen LogP contribution in [0.2, 0.25) is 0 Å². The van der Waals surface area contributed by atoms with E-state index in [1.165, 1.54) is 10.7 Å². The van der Waals surface area contributed by atoms with Gasteiger partial charge in [-0.2, -0.15) is 0 Å². The summed E-state index contributed by atoms with van der Waals surface area (Å²) in [6, 6.07) is 0. The van der Waals surface area contributed by atoms with Crippen LogP contribution in [0.15, 0.2) is 5.38 Å². The minimum absolute atomic E-state index is 0.187. The Hall–Kier alpha value is -0.490. The standard InChI is InChI=1S/C12H21N3OS/c1-9(2)12-14-10(8-17-12)6-15-3-4-16-11(5-13)7-15/h8-9,11H,3-7,13H2,1-2H3. The van der Waals surface area contributed by atoms with Crippen LogP contribution in [0, 0.1) is 0 Å². The first-order valence-corrected chi connectivity index (χ1v) is 7.05. The van der Waals surface area contributed by atoms with E-state index in [2.05, 4.69) is 29.1 Å². The van der Waals surface area contributed by atoms with Gasteiger partial charge in [0.2, 0.25) is 0 Å². The van der Waals surface area contributed by atoms with Gasteiger partial charge < -0.3 is 10.5 Å². The summed E-state index contributed by atoms with van der Waals surface area (Å²) >= 11 is 1.76. The van der Waals surface area contributed by atoms with Crippen molar-refractivity contribution in [3.05, 3.63) is 16.1 Å². The Kier molecular flexibility index (Phi) is 4.50. The Balaban J connectivity index is 1.91. The van der Waals surface area contributed by atoms with E-state index in [0.717, 1.165) is 26.2 Å². The maximum atomic E-state index is 5.64. The first kappa shape index (κ1) is 13.0. The summed E-state index contributed by atoms with van der Waals surface area (Å²) < 4.78 is 5.55. The molecular formula is C12H21N3OS. The van der Waals surface area contributed by atoms with Gasteiger partial charge in [0.05, 0.1) is 23.4 Å². The third kappa shape index (κ3) is 3.48. The number of rotatable bonds is 4. The van der Waals surface area contributed by atoms with Crippen LogP contribution in [0.25, 0.3) is 0 Å². The lowest BCUT2D eigenvalue weighted by molar-refractivity contribution is -0.0263. The molecule has 0 bridgehead atoms. The molecule has 1 aromatic heterocycles. The molecule has 0 aromatic carbocycles. The zero-order chi connectivity index (χ0) is 12.3. The van der Waals surface area contributed by atoms with Crippen LogP contribution in [0.1, 0.15) is 30.5 Å². The summed E-state index contributed by atoms with van der Waals surface area (Å²) in [5.41, 5.74) is 6.81. The smallest absolute Gasteiger partial charge is 0.0954 e. The van der Waals surface area contributed by atoms with E-state index >= 15 is 0 Å². The van der Waals surface area contributed by atoms with Crippen molar-refractivity contribution in [1.82, 2.24) is 9.88 Å². The number of nitrogens with two attached hydrogens (primary N) is 1. The molecule has 0 aliphatic carbocycles. The van der Waals surface area contributed by atoms with Gasteiger partial charge in [0.25, 0.3) is 0 Å². The first-order chi connectivity index (χ1) is 8.19. The monoisotopic (exact) mass is 255 g/mol. The highest BCUT2D eigenvalue weighted by atomic mass is 32.1. The highest BCUT2D eigenvalue weighted by Crippen LogP contribution is 2.20. The van der Waals surface area contributed by atoms with E-state index in [1.54, 1.807) is 11.3 Å². The Morgan fingerprint density at radius 3 is 3.12 bits per heavy atom. The maximum Gasteiger partial charge on any atom is 0.0954 e. The fourth-order valence-electron chi connectivity index (χ4n) is 1.96. The number of morpholine rings is 1. The van der Waals surface area contributed by atoms with Crippen LogP contribution in [-0.4, -0.2) is 42.2 Å². The summed E-state index contributed by atoms with van der Waals surface area (Å²) in [5.74, 6) is 0.523. The Bertz CT molecular complexity index is 353. The van der Waals surface area contributed by atoms with Gasteiger partial charge in [-0.15, -0.1) is 11.3 Å². The lowest BCUT2D eigenvalue weighted by Gasteiger charge is -2.31. The minimum atomic E-state index is 0.187. The molecule has 0 saturated carbocycles. The third-order valence-corrected chi connectivity index (χ3v) is 4.13. The zero-order valence-electron chi connectivity index (χ0n) is 10.6. The summed E-state index contributed by atoms with van der Waals surface area (Å²) in [5, 5.41) is 3.39. The second-order valence-electron chi connectivity index (χ2n) is 4.80. The third-order valence-electron chi connectivity index (χ3n) is 2.93. The van der Waals surface area contributed by atoms with Crippen LogP contribution in [-0.2, 0) is 11.3 Å². The summed E-state index contributed by atoms with van der Waals surface area (Å²) in [6.07, 6.45) is 0.187. The second-order valence-corrected chi connectivity index (χ2v) is 5.69. The van der Waals surface area contributed by atoms with Gasteiger partial charge in [0, 0.05) is 37.5 Å². The van der Waals surface area contributed by atoms with Crippen molar-refractivity contribution in [3.8, 4) is 0 Å². The molecule has 4 nitrogen and oxygen atoms in total. The Morgan fingerprint density at radius 1 is 1.65 bits per heavy atom. The van der Waals surface area contributed by atoms with Gasteiger partial charge in [-0.05, 0) is 0 Å². The molecule has 2 rings (SSSR count). The van der Waals surface area contributed by atoms with Crippen molar-refractivity contribution < 1.29 is 4.74 Å². The molecule has 0 amide bonds. The molecule has 1 aromatic rings. The molecule has 2 N–H and O–H groups in total. The van der Waals surface area contributed by atoms with Crippen LogP contribution in [0.4, 0.5) is 0 Å². The highest BCUT2D eigenvalue weighted by Gasteiger charge is 2.20. The maximum absolute atomic E-state index is 5.64. The first-order valence-electron chi connectivity index (χ1n) is 6.17.